The zero-order chi connectivity index (χ0) is 29.7. The van der Waals surface area contributed by atoms with E-state index in [-0.39, 0.29) is 11.9 Å². The summed E-state index contributed by atoms with van der Waals surface area (Å²) >= 11 is 0. The second kappa shape index (κ2) is 29.7. The van der Waals surface area contributed by atoms with Gasteiger partial charge in [-0.1, -0.05) is 156 Å². The second-order valence-electron chi connectivity index (χ2n) is 13.6. The van der Waals surface area contributed by atoms with Gasteiger partial charge in [0.05, 0.1) is 12.5 Å². The zero-order valence-corrected chi connectivity index (χ0v) is 28.5. The summed E-state index contributed by atoms with van der Waals surface area (Å²) in [5.74, 6) is 2.20. The summed E-state index contributed by atoms with van der Waals surface area (Å²) in [5, 5.41) is 0. The lowest BCUT2D eigenvalue weighted by atomic mass is 9.84. The first-order valence-corrected chi connectivity index (χ1v) is 18.2. The molecule has 0 saturated heterocycles. The number of unbranched alkanes of at least 4 members (excludes halogenated alkanes) is 17. The number of carbonyl (C=O) groups is 1. The van der Waals surface area contributed by atoms with E-state index in [1.165, 1.54) is 141 Å². The first-order chi connectivity index (χ1) is 19.4. The highest BCUT2D eigenvalue weighted by molar-refractivity contribution is 5.71. The molecule has 0 amide bonds. The Morgan fingerprint density at radius 3 is 1.52 bits per heavy atom. The Morgan fingerprint density at radius 2 is 0.950 bits per heavy atom. The largest absolute Gasteiger partial charge is 0.465 e. The molecular formula is C38H74O2. The number of carbonyl (C=O) groups excluding carboxylic acids is 1. The molecule has 0 aromatic rings. The normalized spacial score (nSPS) is 14.8. The fourth-order valence-electron chi connectivity index (χ4n) is 6.32. The number of rotatable bonds is 30. The fourth-order valence-corrected chi connectivity index (χ4v) is 6.32. The summed E-state index contributed by atoms with van der Waals surface area (Å²) in [6.07, 6.45) is 36.5. The van der Waals surface area contributed by atoms with Crippen LogP contribution in [0.2, 0.25) is 0 Å². The van der Waals surface area contributed by atoms with Crippen molar-refractivity contribution >= 4 is 5.97 Å². The molecule has 2 heteroatoms. The lowest BCUT2D eigenvalue weighted by molar-refractivity contribution is -0.148. The number of ether oxygens (including phenoxy) is 1. The highest BCUT2D eigenvalue weighted by Gasteiger charge is 2.20. The molecule has 0 aliphatic carbocycles. The maximum absolute atomic E-state index is 12.4. The molecule has 0 aromatic carbocycles. The van der Waals surface area contributed by atoms with Crippen molar-refractivity contribution in [2.75, 3.05) is 6.61 Å². The van der Waals surface area contributed by atoms with Gasteiger partial charge in [0.1, 0.15) is 0 Å². The van der Waals surface area contributed by atoms with Crippen LogP contribution in [0, 0.1) is 23.7 Å². The molecule has 0 radical (unpaired) electrons. The van der Waals surface area contributed by atoms with Gasteiger partial charge in [-0.3, -0.25) is 4.79 Å². The van der Waals surface area contributed by atoms with Crippen LogP contribution < -0.4 is 0 Å². The van der Waals surface area contributed by atoms with Crippen molar-refractivity contribution in [1.82, 2.24) is 0 Å². The summed E-state index contributed by atoms with van der Waals surface area (Å²) in [5.41, 5.74) is 0. The minimum Gasteiger partial charge on any atom is -0.465 e. The van der Waals surface area contributed by atoms with Gasteiger partial charge in [-0.15, -0.1) is 0 Å². The molecule has 0 spiro atoms. The molecule has 0 aromatic heterocycles. The standard InChI is InChI=1S/C38H74O2/c1-7-9-11-13-15-16-17-18-19-20-21-22-23-24-25-27-29-34(3)31-35(4)32-36(5)33-37(6)38(39)40-30-28-26-14-12-10-8-2/h16-17,34-37H,7-15,18-33H2,1-6H3/b17-16-. The molecule has 238 valence electrons. The van der Waals surface area contributed by atoms with Gasteiger partial charge in [-0.2, -0.15) is 0 Å². The van der Waals surface area contributed by atoms with E-state index >= 15 is 0 Å². The lowest BCUT2D eigenvalue weighted by Crippen LogP contribution is -2.19. The summed E-state index contributed by atoms with van der Waals surface area (Å²) in [6.45, 7) is 14.4. The third kappa shape index (κ3) is 27.4. The summed E-state index contributed by atoms with van der Waals surface area (Å²) in [4.78, 5) is 12.4. The average molecular weight is 563 g/mol. The molecule has 2 nitrogen and oxygen atoms in total. The monoisotopic (exact) mass is 563 g/mol. The minimum atomic E-state index is 0.0158. The smallest absolute Gasteiger partial charge is 0.308 e. The quantitative estimate of drug-likeness (QED) is 0.0494. The van der Waals surface area contributed by atoms with Gasteiger partial charge >= 0.3 is 5.97 Å². The Morgan fingerprint density at radius 1 is 0.525 bits per heavy atom. The predicted molar refractivity (Wildman–Crippen MR) is 179 cm³/mol. The van der Waals surface area contributed by atoms with Crippen LogP contribution in [0.5, 0.6) is 0 Å². The van der Waals surface area contributed by atoms with Crippen LogP contribution in [-0.2, 0) is 9.53 Å². The van der Waals surface area contributed by atoms with Gasteiger partial charge in [0.2, 0.25) is 0 Å². The molecule has 0 aliphatic rings. The Hall–Kier alpha value is -0.790. The molecule has 4 unspecified atom stereocenters. The Balaban J connectivity index is 3.65. The molecule has 0 aliphatic heterocycles. The minimum absolute atomic E-state index is 0.0158. The van der Waals surface area contributed by atoms with Crippen molar-refractivity contribution in [1.29, 1.82) is 0 Å². The molecule has 0 fully saturated rings. The maximum Gasteiger partial charge on any atom is 0.308 e. The van der Waals surface area contributed by atoms with Gasteiger partial charge in [0.15, 0.2) is 0 Å². The van der Waals surface area contributed by atoms with Gasteiger partial charge in [-0.25, -0.2) is 0 Å². The van der Waals surface area contributed by atoms with Crippen molar-refractivity contribution in [3.63, 3.8) is 0 Å². The third-order valence-electron chi connectivity index (χ3n) is 8.72. The molecule has 0 N–H and O–H groups in total. The molecule has 0 rings (SSSR count). The van der Waals surface area contributed by atoms with E-state index in [1.54, 1.807) is 0 Å². The molecule has 40 heavy (non-hydrogen) atoms. The van der Waals surface area contributed by atoms with E-state index in [9.17, 15) is 4.79 Å². The topological polar surface area (TPSA) is 26.3 Å². The van der Waals surface area contributed by atoms with Crippen LogP contribution in [-0.4, -0.2) is 12.6 Å². The van der Waals surface area contributed by atoms with E-state index in [4.69, 9.17) is 4.74 Å². The third-order valence-corrected chi connectivity index (χ3v) is 8.72. The van der Waals surface area contributed by atoms with Crippen molar-refractivity contribution < 1.29 is 9.53 Å². The van der Waals surface area contributed by atoms with Crippen molar-refractivity contribution in [2.45, 2.75) is 196 Å². The van der Waals surface area contributed by atoms with Crippen LogP contribution >= 0.6 is 0 Å². The molecule has 0 saturated carbocycles. The van der Waals surface area contributed by atoms with E-state index in [0.29, 0.717) is 12.5 Å². The van der Waals surface area contributed by atoms with Gasteiger partial charge in [-0.05, 0) is 69.1 Å². The Labute approximate surface area is 253 Å². The lowest BCUT2D eigenvalue weighted by Gasteiger charge is -2.22. The fraction of sp³-hybridized carbons (Fsp3) is 0.921. The van der Waals surface area contributed by atoms with Crippen LogP contribution in [0.3, 0.4) is 0 Å². The Bertz CT molecular complexity index is 554. The number of allylic oxidation sites excluding steroid dienone is 2. The first-order valence-electron chi connectivity index (χ1n) is 18.2. The zero-order valence-electron chi connectivity index (χ0n) is 28.5. The van der Waals surface area contributed by atoms with E-state index in [2.05, 4.69) is 53.7 Å². The predicted octanol–water partition coefficient (Wildman–Crippen LogP) is 13.0. The van der Waals surface area contributed by atoms with Gasteiger partial charge < -0.3 is 4.74 Å². The van der Waals surface area contributed by atoms with Crippen LogP contribution in [0.15, 0.2) is 12.2 Å². The van der Waals surface area contributed by atoms with Gasteiger partial charge in [0.25, 0.3) is 0 Å². The van der Waals surface area contributed by atoms with E-state index in [0.717, 1.165) is 24.7 Å². The average Bonchev–Trinajstić information content (AvgIpc) is 2.91. The van der Waals surface area contributed by atoms with E-state index in [1.807, 2.05) is 0 Å². The number of hydrogen-bond donors (Lipinski definition) is 0. The summed E-state index contributed by atoms with van der Waals surface area (Å²) in [6, 6.07) is 0. The summed E-state index contributed by atoms with van der Waals surface area (Å²) in [7, 11) is 0. The van der Waals surface area contributed by atoms with Crippen molar-refractivity contribution in [3.05, 3.63) is 12.2 Å². The number of hydrogen-bond acceptors (Lipinski definition) is 2. The van der Waals surface area contributed by atoms with Crippen LogP contribution in [0.4, 0.5) is 0 Å². The maximum atomic E-state index is 12.4. The van der Waals surface area contributed by atoms with Crippen molar-refractivity contribution in [2.24, 2.45) is 23.7 Å². The highest BCUT2D eigenvalue weighted by atomic mass is 16.5. The molecule has 0 bridgehead atoms. The first kappa shape index (κ1) is 39.2. The van der Waals surface area contributed by atoms with Crippen molar-refractivity contribution in [3.8, 4) is 0 Å². The summed E-state index contributed by atoms with van der Waals surface area (Å²) < 4.78 is 5.56. The molecule has 4 atom stereocenters. The second-order valence-corrected chi connectivity index (χ2v) is 13.6. The molecular weight excluding hydrogens is 488 g/mol. The Kier molecular flexibility index (Phi) is 29.1. The van der Waals surface area contributed by atoms with Crippen LogP contribution in [0.25, 0.3) is 0 Å². The SMILES string of the molecule is CCCCCC/C=C\CCCCCCCCCCC(C)CC(C)CC(C)CC(C)C(=O)OCCCCCCCC. The highest BCUT2D eigenvalue weighted by Crippen LogP contribution is 2.27. The van der Waals surface area contributed by atoms with E-state index < -0.39 is 0 Å². The number of esters is 1. The molecule has 0 heterocycles. The van der Waals surface area contributed by atoms with Crippen LogP contribution in [0.1, 0.15) is 196 Å². The van der Waals surface area contributed by atoms with Gasteiger partial charge in [0, 0.05) is 0 Å².